The maximum absolute atomic E-state index is 15.3. The topological polar surface area (TPSA) is 118 Å². The smallest absolute Gasteiger partial charge is 0.367 e. The molecule has 0 spiro atoms. The molecule has 1 fully saturated rings. The van der Waals surface area contributed by atoms with Gasteiger partial charge in [-0.15, -0.1) is 0 Å². The predicted octanol–water partition coefficient (Wildman–Crippen LogP) is 3.25. The van der Waals surface area contributed by atoms with Crippen molar-refractivity contribution >= 4 is 17.3 Å². The van der Waals surface area contributed by atoms with Crippen molar-refractivity contribution in [2.24, 2.45) is 0 Å². The van der Waals surface area contributed by atoms with E-state index in [-0.39, 0.29) is 34.4 Å². The highest BCUT2D eigenvalue weighted by atomic mass is 19.4. The van der Waals surface area contributed by atoms with Crippen molar-refractivity contribution in [3.05, 3.63) is 69.9 Å². The molecule has 1 aliphatic heterocycles. The molecular formula is C24H21F4N7O2. The molecule has 0 radical (unpaired) electrons. The van der Waals surface area contributed by atoms with Crippen LogP contribution in [0.5, 0.6) is 0 Å². The van der Waals surface area contributed by atoms with Gasteiger partial charge in [-0.1, -0.05) is 0 Å². The Kier molecular flexibility index (Phi) is 6.95. The number of hydrogen-bond donors (Lipinski definition) is 2. The summed E-state index contributed by atoms with van der Waals surface area (Å²) in [5.74, 6) is -1.94. The minimum Gasteiger partial charge on any atom is -0.367 e. The number of benzene rings is 1. The first-order valence-corrected chi connectivity index (χ1v) is 11.1. The number of alkyl halides is 3. The van der Waals surface area contributed by atoms with Crippen molar-refractivity contribution in [2.75, 3.05) is 36.9 Å². The van der Waals surface area contributed by atoms with Gasteiger partial charge in [0.2, 0.25) is 11.4 Å². The van der Waals surface area contributed by atoms with Gasteiger partial charge >= 0.3 is 6.18 Å². The molecule has 13 heteroatoms. The minimum absolute atomic E-state index is 0.0248. The molecule has 0 unspecified atom stereocenters. The van der Waals surface area contributed by atoms with Crippen molar-refractivity contribution in [2.45, 2.75) is 19.1 Å². The maximum atomic E-state index is 15.3. The standard InChI is InChI=1S/C24H21F4N7O2/c1-13-12-35(4-3-34(13)2)20-7-18(25)15(14-9-30-21(8-29)31-10-14)5-19(20)33-23(37)16-11-32-22(36)6-17(16)24(26,27)28/h5-7,9-11,13H,3-4,12H2,1-2H3,(H,32,36)(H,33,37)/t13-/m1/s1. The van der Waals surface area contributed by atoms with E-state index in [0.29, 0.717) is 31.9 Å². The number of rotatable bonds is 4. The number of piperazine rings is 1. The third-order valence-electron chi connectivity index (χ3n) is 6.17. The van der Waals surface area contributed by atoms with Crippen molar-refractivity contribution in [3.63, 3.8) is 0 Å². The molecule has 0 aliphatic carbocycles. The van der Waals surface area contributed by atoms with Crippen LogP contribution in [0.4, 0.5) is 28.9 Å². The molecule has 2 aromatic heterocycles. The van der Waals surface area contributed by atoms with Gasteiger partial charge in [-0.3, -0.25) is 9.59 Å². The highest BCUT2D eigenvalue weighted by molar-refractivity contribution is 6.07. The Morgan fingerprint density at radius 2 is 1.92 bits per heavy atom. The van der Waals surface area contributed by atoms with E-state index < -0.39 is 34.6 Å². The Balaban J connectivity index is 1.80. The van der Waals surface area contributed by atoms with Gasteiger partial charge in [-0.25, -0.2) is 14.4 Å². The molecule has 37 heavy (non-hydrogen) atoms. The maximum Gasteiger partial charge on any atom is 0.417 e. The van der Waals surface area contributed by atoms with Crippen LogP contribution in [0.3, 0.4) is 0 Å². The van der Waals surface area contributed by atoms with Crippen LogP contribution in [0.1, 0.15) is 28.7 Å². The van der Waals surface area contributed by atoms with E-state index in [1.54, 1.807) is 6.07 Å². The second kappa shape index (κ2) is 9.98. The number of nitriles is 1. The molecule has 3 heterocycles. The van der Waals surface area contributed by atoms with Gasteiger partial charge in [0.05, 0.1) is 22.5 Å². The summed E-state index contributed by atoms with van der Waals surface area (Å²) in [5.41, 5.74) is -2.69. The average molecular weight is 515 g/mol. The molecule has 9 nitrogen and oxygen atoms in total. The molecule has 4 rings (SSSR count). The van der Waals surface area contributed by atoms with Crippen LogP contribution in [0.15, 0.2) is 41.6 Å². The van der Waals surface area contributed by atoms with Gasteiger partial charge in [0.25, 0.3) is 5.91 Å². The van der Waals surface area contributed by atoms with Gasteiger partial charge in [0, 0.05) is 61.5 Å². The largest absolute Gasteiger partial charge is 0.417 e. The van der Waals surface area contributed by atoms with Gasteiger partial charge < -0.3 is 20.1 Å². The van der Waals surface area contributed by atoms with Crippen LogP contribution < -0.4 is 15.8 Å². The molecule has 192 valence electrons. The zero-order valence-electron chi connectivity index (χ0n) is 19.7. The van der Waals surface area contributed by atoms with E-state index in [1.165, 1.54) is 24.5 Å². The van der Waals surface area contributed by atoms with Crippen LogP contribution in [0.25, 0.3) is 11.1 Å². The molecule has 3 aromatic rings. The monoisotopic (exact) mass is 515 g/mol. The van der Waals surface area contributed by atoms with E-state index in [9.17, 15) is 22.8 Å². The number of likely N-dealkylation sites (N-methyl/N-ethyl adjacent to an activating group) is 1. The molecule has 0 bridgehead atoms. The Morgan fingerprint density at radius 3 is 2.54 bits per heavy atom. The van der Waals surface area contributed by atoms with E-state index in [0.717, 1.165) is 0 Å². The molecule has 2 N–H and O–H groups in total. The lowest BCUT2D eigenvalue weighted by Gasteiger charge is -2.39. The number of aromatic nitrogens is 3. The predicted molar refractivity (Wildman–Crippen MR) is 126 cm³/mol. The summed E-state index contributed by atoms with van der Waals surface area (Å²) < 4.78 is 55.9. The number of halogens is 4. The lowest BCUT2D eigenvalue weighted by molar-refractivity contribution is -0.138. The molecular weight excluding hydrogens is 494 g/mol. The van der Waals surface area contributed by atoms with E-state index >= 15 is 4.39 Å². The molecule has 0 saturated carbocycles. The summed E-state index contributed by atoms with van der Waals surface area (Å²) in [4.78, 5) is 38.2. The van der Waals surface area contributed by atoms with Crippen LogP contribution >= 0.6 is 0 Å². The SMILES string of the molecule is C[C@@H]1CN(c2cc(F)c(-c3cnc(C#N)nc3)cc2NC(=O)c2c[nH]c(=O)cc2C(F)(F)F)CCN1C. The lowest BCUT2D eigenvalue weighted by atomic mass is 10.0. The number of nitrogens with zero attached hydrogens (tertiary/aromatic N) is 5. The van der Waals surface area contributed by atoms with E-state index in [1.807, 2.05) is 18.9 Å². The molecule has 1 amide bonds. The van der Waals surface area contributed by atoms with Crippen LogP contribution in [0, 0.1) is 17.1 Å². The number of anilines is 2. The number of hydrogen-bond acceptors (Lipinski definition) is 7. The minimum atomic E-state index is -4.95. The second-order valence-corrected chi connectivity index (χ2v) is 8.61. The zero-order valence-corrected chi connectivity index (χ0v) is 19.7. The van der Waals surface area contributed by atoms with Crippen molar-refractivity contribution < 1.29 is 22.4 Å². The normalized spacial score (nSPS) is 16.4. The number of pyridine rings is 1. The van der Waals surface area contributed by atoms with Crippen molar-refractivity contribution in [3.8, 4) is 17.2 Å². The quantitative estimate of drug-likeness (QED) is 0.512. The fourth-order valence-corrected chi connectivity index (χ4v) is 4.02. The number of H-pyrrole nitrogens is 1. The molecule has 1 atom stereocenters. The van der Waals surface area contributed by atoms with Crippen molar-refractivity contribution in [1.82, 2.24) is 19.9 Å². The summed E-state index contributed by atoms with van der Waals surface area (Å²) in [6.45, 7) is 3.57. The Bertz CT molecular complexity index is 1430. The van der Waals surface area contributed by atoms with Crippen LogP contribution in [-0.4, -0.2) is 58.5 Å². The summed E-state index contributed by atoms with van der Waals surface area (Å²) in [6, 6.07) is 4.63. The highest BCUT2D eigenvalue weighted by Gasteiger charge is 2.36. The number of amides is 1. The molecule has 1 aromatic carbocycles. The second-order valence-electron chi connectivity index (χ2n) is 8.61. The number of carbonyl (C=O) groups excluding carboxylic acids is 1. The van der Waals surface area contributed by atoms with Crippen LogP contribution in [0.2, 0.25) is 0 Å². The number of nitrogens with one attached hydrogen (secondary N) is 2. The van der Waals surface area contributed by atoms with Gasteiger partial charge in [0.1, 0.15) is 11.9 Å². The van der Waals surface area contributed by atoms with Gasteiger partial charge in [0.15, 0.2) is 0 Å². The van der Waals surface area contributed by atoms with Crippen molar-refractivity contribution in [1.29, 1.82) is 5.26 Å². The zero-order chi connectivity index (χ0) is 26.9. The molecule has 1 saturated heterocycles. The van der Waals surface area contributed by atoms with E-state index in [2.05, 4.69) is 25.2 Å². The third-order valence-corrected chi connectivity index (χ3v) is 6.17. The third kappa shape index (κ3) is 5.44. The first-order valence-electron chi connectivity index (χ1n) is 11.1. The Hall–Kier alpha value is -4.31. The Labute approximate surface area is 208 Å². The van der Waals surface area contributed by atoms with Gasteiger partial charge in [-0.05, 0) is 26.1 Å². The average Bonchev–Trinajstić information content (AvgIpc) is 2.86. The highest BCUT2D eigenvalue weighted by Crippen LogP contribution is 2.36. The fourth-order valence-electron chi connectivity index (χ4n) is 4.02. The summed E-state index contributed by atoms with van der Waals surface area (Å²) in [6.07, 6.45) is -1.80. The first-order chi connectivity index (χ1) is 17.5. The molecule has 1 aliphatic rings. The lowest BCUT2D eigenvalue weighted by Crippen LogP contribution is -2.50. The van der Waals surface area contributed by atoms with Gasteiger partial charge in [-0.2, -0.15) is 18.4 Å². The number of carbonyl (C=O) groups is 1. The summed E-state index contributed by atoms with van der Waals surface area (Å²) >= 11 is 0. The number of aromatic amines is 1. The summed E-state index contributed by atoms with van der Waals surface area (Å²) in [5, 5.41) is 11.4. The Morgan fingerprint density at radius 1 is 1.22 bits per heavy atom. The van der Waals surface area contributed by atoms with Crippen LogP contribution in [-0.2, 0) is 6.18 Å². The fraction of sp³-hybridized carbons (Fsp3) is 0.292. The first kappa shape index (κ1) is 25.8. The van der Waals surface area contributed by atoms with E-state index in [4.69, 9.17) is 5.26 Å². The summed E-state index contributed by atoms with van der Waals surface area (Å²) in [7, 11) is 1.94.